The second-order valence-corrected chi connectivity index (χ2v) is 6.54. The van der Waals surface area contributed by atoms with E-state index < -0.39 is 0 Å². The van der Waals surface area contributed by atoms with Gasteiger partial charge in [0.2, 0.25) is 17.7 Å². The minimum absolute atomic E-state index is 0.155. The van der Waals surface area contributed by atoms with E-state index in [9.17, 15) is 14.4 Å². The van der Waals surface area contributed by atoms with Gasteiger partial charge in [0.1, 0.15) is 12.3 Å². The lowest BCUT2D eigenvalue weighted by Crippen LogP contribution is -2.39. The number of hydrogen-bond donors (Lipinski definition) is 1. The number of allylic oxidation sites excluding steroid dienone is 2. The van der Waals surface area contributed by atoms with E-state index in [1.165, 1.54) is 0 Å². The van der Waals surface area contributed by atoms with Gasteiger partial charge in [0, 0.05) is 11.8 Å². The first-order valence-electron chi connectivity index (χ1n) is 8.06. The Morgan fingerprint density at radius 3 is 2.50 bits per heavy atom. The molecule has 0 spiro atoms. The van der Waals surface area contributed by atoms with Crippen molar-refractivity contribution in [1.82, 2.24) is 4.90 Å². The maximum Gasteiger partial charge on any atom is 0.244 e. The van der Waals surface area contributed by atoms with Gasteiger partial charge in [0.25, 0.3) is 0 Å². The summed E-state index contributed by atoms with van der Waals surface area (Å²) in [6.07, 6.45) is 4.96. The SMILES string of the molecule is COc1cccc(NC(=O)CN2C(=O)[C@@H]3[C@@H](C2=O)[C@H]2C=C[C@H]3C2)c1. The first-order valence-corrected chi connectivity index (χ1v) is 8.06. The third-order valence-corrected chi connectivity index (χ3v) is 5.22. The summed E-state index contributed by atoms with van der Waals surface area (Å²) in [6, 6.07) is 6.94. The third kappa shape index (κ3) is 2.21. The first-order chi connectivity index (χ1) is 11.6. The van der Waals surface area contributed by atoms with Gasteiger partial charge >= 0.3 is 0 Å². The standard InChI is InChI=1S/C18H18N2O4/c1-24-13-4-2-3-12(8-13)19-14(21)9-20-17(22)15-10-5-6-11(7-10)16(15)18(20)23/h2-6,8,10-11,15-16H,7,9H2,1H3,(H,19,21)/t10-,11-,15-,16-/m0/s1. The monoisotopic (exact) mass is 326 g/mol. The summed E-state index contributed by atoms with van der Waals surface area (Å²) in [5.41, 5.74) is 0.570. The molecule has 3 aliphatic rings. The number of rotatable bonds is 4. The normalized spacial score (nSPS) is 30.0. The number of likely N-dealkylation sites (tertiary alicyclic amines) is 1. The third-order valence-electron chi connectivity index (χ3n) is 5.22. The molecule has 1 aliphatic heterocycles. The predicted octanol–water partition coefficient (Wildman–Crippen LogP) is 1.44. The molecule has 0 aromatic heterocycles. The van der Waals surface area contributed by atoms with Crippen molar-refractivity contribution in [3.8, 4) is 5.75 Å². The van der Waals surface area contributed by atoms with Crippen molar-refractivity contribution in [1.29, 1.82) is 0 Å². The molecule has 6 heteroatoms. The second kappa shape index (κ2) is 5.47. The molecule has 6 nitrogen and oxygen atoms in total. The number of nitrogens with one attached hydrogen (secondary N) is 1. The largest absolute Gasteiger partial charge is 0.497 e. The summed E-state index contributed by atoms with van der Waals surface area (Å²) in [4.78, 5) is 38.5. The second-order valence-electron chi connectivity index (χ2n) is 6.54. The number of anilines is 1. The van der Waals surface area contributed by atoms with Crippen LogP contribution in [0.2, 0.25) is 0 Å². The van der Waals surface area contributed by atoms with Crippen LogP contribution < -0.4 is 10.1 Å². The Hall–Kier alpha value is -2.63. The van der Waals surface area contributed by atoms with Gasteiger partial charge in [0.15, 0.2) is 0 Å². The lowest BCUT2D eigenvalue weighted by molar-refractivity contribution is -0.143. The fraction of sp³-hybridized carbons (Fsp3) is 0.389. The molecule has 4 rings (SSSR count). The number of methoxy groups -OCH3 is 1. The summed E-state index contributed by atoms with van der Waals surface area (Å²) >= 11 is 0. The quantitative estimate of drug-likeness (QED) is 0.671. The van der Waals surface area contributed by atoms with Crippen molar-refractivity contribution in [2.75, 3.05) is 19.0 Å². The molecule has 0 unspecified atom stereocenters. The number of carbonyl (C=O) groups excluding carboxylic acids is 3. The van der Waals surface area contributed by atoms with Crippen molar-refractivity contribution < 1.29 is 19.1 Å². The van der Waals surface area contributed by atoms with Crippen LogP contribution in [0.15, 0.2) is 36.4 Å². The Kier molecular flexibility index (Phi) is 3.40. The maximum absolute atomic E-state index is 12.5. The molecule has 0 radical (unpaired) electrons. The Morgan fingerprint density at radius 2 is 1.88 bits per heavy atom. The Bertz CT molecular complexity index is 727. The fourth-order valence-electron chi connectivity index (χ4n) is 4.16. The van der Waals surface area contributed by atoms with Crippen LogP contribution >= 0.6 is 0 Å². The molecule has 1 saturated carbocycles. The number of fused-ring (bicyclic) bond motifs is 5. The van der Waals surface area contributed by atoms with Gasteiger partial charge in [-0.3, -0.25) is 19.3 Å². The molecule has 2 fully saturated rings. The van der Waals surface area contributed by atoms with Gasteiger partial charge in [-0.25, -0.2) is 0 Å². The summed E-state index contributed by atoms with van der Waals surface area (Å²) < 4.78 is 5.11. The molecule has 24 heavy (non-hydrogen) atoms. The molecule has 2 bridgehead atoms. The molecule has 1 heterocycles. The number of nitrogens with zero attached hydrogens (tertiary/aromatic N) is 1. The fourth-order valence-corrected chi connectivity index (χ4v) is 4.16. The smallest absolute Gasteiger partial charge is 0.244 e. The van der Waals surface area contributed by atoms with Gasteiger partial charge in [0.05, 0.1) is 18.9 Å². The van der Waals surface area contributed by atoms with Gasteiger partial charge < -0.3 is 10.1 Å². The summed E-state index contributed by atoms with van der Waals surface area (Å²) in [5, 5.41) is 2.71. The van der Waals surface area contributed by atoms with Crippen LogP contribution in [-0.4, -0.2) is 36.3 Å². The number of amides is 3. The Morgan fingerprint density at radius 1 is 1.21 bits per heavy atom. The van der Waals surface area contributed by atoms with Gasteiger partial charge in [-0.15, -0.1) is 0 Å². The molecule has 1 saturated heterocycles. The van der Waals surface area contributed by atoms with E-state index in [-0.39, 0.29) is 47.9 Å². The van der Waals surface area contributed by atoms with Crippen LogP contribution in [0.5, 0.6) is 5.75 Å². The highest BCUT2D eigenvalue weighted by atomic mass is 16.5. The zero-order valence-corrected chi connectivity index (χ0v) is 13.3. The zero-order chi connectivity index (χ0) is 16.8. The van der Waals surface area contributed by atoms with E-state index in [0.717, 1.165) is 11.3 Å². The number of hydrogen-bond acceptors (Lipinski definition) is 4. The van der Waals surface area contributed by atoms with Gasteiger partial charge in [-0.1, -0.05) is 18.2 Å². The summed E-state index contributed by atoms with van der Waals surface area (Å²) in [5.74, 6) is -0.395. The predicted molar refractivity (Wildman–Crippen MR) is 86.1 cm³/mol. The van der Waals surface area contributed by atoms with Crippen LogP contribution in [0.25, 0.3) is 0 Å². The summed E-state index contributed by atoms with van der Waals surface area (Å²) in [7, 11) is 1.55. The van der Waals surface area contributed by atoms with Crippen LogP contribution in [0.4, 0.5) is 5.69 Å². The number of carbonyl (C=O) groups is 3. The molecule has 1 N–H and O–H groups in total. The number of imide groups is 1. The van der Waals surface area contributed by atoms with E-state index in [0.29, 0.717) is 11.4 Å². The Labute approximate surface area is 139 Å². The topological polar surface area (TPSA) is 75.7 Å². The number of ether oxygens (including phenoxy) is 1. The average Bonchev–Trinajstić information content (AvgIpc) is 3.25. The molecule has 1 aromatic rings. The maximum atomic E-state index is 12.5. The minimum Gasteiger partial charge on any atom is -0.497 e. The van der Waals surface area contributed by atoms with Crippen LogP contribution in [0, 0.1) is 23.7 Å². The Balaban J connectivity index is 1.45. The van der Waals surface area contributed by atoms with E-state index in [4.69, 9.17) is 4.74 Å². The molecule has 4 atom stereocenters. The minimum atomic E-state index is -0.384. The molecule has 124 valence electrons. The highest BCUT2D eigenvalue weighted by molar-refractivity contribution is 6.09. The molecular weight excluding hydrogens is 308 g/mol. The van der Waals surface area contributed by atoms with Gasteiger partial charge in [-0.2, -0.15) is 0 Å². The first kappa shape index (κ1) is 14.9. The van der Waals surface area contributed by atoms with Crippen molar-refractivity contribution in [3.63, 3.8) is 0 Å². The van der Waals surface area contributed by atoms with Crippen LogP contribution in [0.3, 0.4) is 0 Å². The molecular formula is C18H18N2O4. The van der Waals surface area contributed by atoms with Crippen LogP contribution in [0.1, 0.15) is 6.42 Å². The van der Waals surface area contributed by atoms with Crippen molar-refractivity contribution >= 4 is 23.4 Å². The molecule has 2 aliphatic carbocycles. The zero-order valence-electron chi connectivity index (χ0n) is 13.3. The highest BCUT2D eigenvalue weighted by Crippen LogP contribution is 2.52. The van der Waals surface area contributed by atoms with E-state index in [2.05, 4.69) is 5.32 Å². The van der Waals surface area contributed by atoms with Gasteiger partial charge in [-0.05, 0) is 30.4 Å². The number of benzene rings is 1. The molecule has 1 aromatic carbocycles. The van der Waals surface area contributed by atoms with Crippen molar-refractivity contribution in [2.45, 2.75) is 6.42 Å². The van der Waals surface area contributed by atoms with E-state index in [1.807, 2.05) is 12.2 Å². The summed E-state index contributed by atoms with van der Waals surface area (Å²) in [6.45, 7) is -0.235. The average molecular weight is 326 g/mol. The van der Waals surface area contributed by atoms with E-state index in [1.54, 1.807) is 31.4 Å². The van der Waals surface area contributed by atoms with Crippen LogP contribution in [-0.2, 0) is 14.4 Å². The lowest BCUT2D eigenvalue weighted by Gasteiger charge is -2.17. The van der Waals surface area contributed by atoms with Crippen molar-refractivity contribution in [2.24, 2.45) is 23.7 Å². The highest BCUT2D eigenvalue weighted by Gasteiger charge is 2.59. The lowest BCUT2D eigenvalue weighted by atomic mass is 9.85. The van der Waals surface area contributed by atoms with E-state index >= 15 is 0 Å². The van der Waals surface area contributed by atoms with Crippen molar-refractivity contribution in [3.05, 3.63) is 36.4 Å². The molecule has 3 amide bonds.